The van der Waals surface area contributed by atoms with E-state index < -0.39 is 6.10 Å². The van der Waals surface area contributed by atoms with Crippen LogP contribution in [-0.4, -0.2) is 31.3 Å². The summed E-state index contributed by atoms with van der Waals surface area (Å²) in [6, 6.07) is 10.2. The first kappa shape index (κ1) is 17.6. The van der Waals surface area contributed by atoms with Gasteiger partial charge < -0.3 is 10.8 Å². The maximum Gasteiger partial charge on any atom is 0.180 e. The quantitative estimate of drug-likeness (QED) is 0.648. The second-order valence-electron chi connectivity index (χ2n) is 5.97. The summed E-state index contributed by atoms with van der Waals surface area (Å²) in [4.78, 5) is 7.41. The lowest BCUT2D eigenvalue weighted by atomic mass is 10.1. The van der Waals surface area contributed by atoms with Gasteiger partial charge in [-0.05, 0) is 12.5 Å². The number of nitrogens with zero attached hydrogens (tertiary/aromatic N) is 4. The molecule has 3 rings (SSSR count). The van der Waals surface area contributed by atoms with Crippen LogP contribution in [0.3, 0.4) is 0 Å². The molecule has 1 atom stereocenters. The highest BCUT2D eigenvalue weighted by Crippen LogP contribution is 2.21. The lowest BCUT2D eigenvalue weighted by Gasteiger charge is -2.24. The fourth-order valence-corrected chi connectivity index (χ4v) is 3.44. The molecule has 0 amide bonds. The minimum Gasteiger partial charge on any atom is -0.387 e. The molecule has 1 aromatic carbocycles. The summed E-state index contributed by atoms with van der Waals surface area (Å²) in [6.45, 7) is 4.78. The third-order valence-corrected chi connectivity index (χ3v) is 4.80. The fraction of sp³-hybridized carbons (Fsp3) is 0.333. The monoisotopic (exact) mass is 357 g/mol. The second kappa shape index (κ2) is 8.24. The first-order valence-corrected chi connectivity index (χ1v) is 9.12. The normalized spacial score (nSPS) is 12.6. The predicted molar refractivity (Wildman–Crippen MR) is 99.9 cm³/mol. The average Bonchev–Trinajstić information content (AvgIpc) is 3.24. The Morgan fingerprint density at radius 3 is 2.68 bits per heavy atom. The molecular formula is C18H23N5OS. The average molecular weight is 357 g/mol. The fourth-order valence-electron chi connectivity index (χ4n) is 2.72. The lowest BCUT2D eigenvalue weighted by Crippen LogP contribution is -2.27. The minimum absolute atomic E-state index is 0.516. The zero-order valence-corrected chi connectivity index (χ0v) is 15.1. The summed E-state index contributed by atoms with van der Waals surface area (Å²) < 4.78 is 1.82. The molecule has 0 aliphatic heterocycles. The number of aromatic nitrogens is 3. The molecule has 2 aromatic heterocycles. The van der Waals surface area contributed by atoms with Crippen molar-refractivity contribution < 1.29 is 5.11 Å². The Labute approximate surface area is 151 Å². The van der Waals surface area contributed by atoms with Gasteiger partial charge in [-0.1, -0.05) is 30.3 Å². The standard InChI is InChI=1S/C18H23N5OS/c1-2-23-11-15(8-21-23)17(24)13-22(10-14-6-4-3-5-7-14)12-16-9-20-18(19)25-16/h3-9,11,17,24H,2,10,12-13H2,1H3,(H2,19,20). The molecule has 0 fully saturated rings. The summed E-state index contributed by atoms with van der Waals surface area (Å²) in [5.41, 5.74) is 7.79. The highest BCUT2D eigenvalue weighted by molar-refractivity contribution is 7.15. The Bertz CT molecular complexity index is 786. The highest BCUT2D eigenvalue weighted by atomic mass is 32.1. The van der Waals surface area contributed by atoms with Crippen LogP contribution < -0.4 is 5.73 Å². The molecule has 2 heterocycles. The topological polar surface area (TPSA) is 80.2 Å². The molecular weight excluding hydrogens is 334 g/mol. The lowest BCUT2D eigenvalue weighted by molar-refractivity contribution is 0.105. The predicted octanol–water partition coefficient (Wildman–Crippen LogP) is 2.68. The van der Waals surface area contributed by atoms with Gasteiger partial charge in [0, 0.05) is 49.0 Å². The van der Waals surface area contributed by atoms with Crippen LogP contribution in [-0.2, 0) is 19.6 Å². The number of nitrogens with two attached hydrogens (primary N) is 1. The van der Waals surface area contributed by atoms with Crippen LogP contribution in [0.1, 0.15) is 29.0 Å². The van der Waals surface area contributed by atoms with Crippen molar-refractivity contribution in [3.63, 3.8) is 0 Å². The molecule has 3 N–H and O–H groups in total. The van der Waals surface area contributed by atoms with E-state index in [2.05, 4.69) is 27.1 Å². The van der Waals surface area contributed by atoms with Crippen molar-refractivity contribution in [1.29, 1.82) is 0 Å². The molecule has 0 saturated heterocycles. The molecule has 0 bridgehead atoms. The van der Waals surface area contributed by atoms with Crippen molar-refractivity contribution in [3.8, 4) is 0 Å². The third kappa shape index (κ3) is 4.88. The molecule has 132 valence electrons. The van der Waals surface area contributed by atoms with E-state index in [4.69, 9.17) is 5.73 Å². The minimum atomic E-state index is -0.589. The summed E-state index contributed by atoms with van der Waals surface area (Å²) >= 11 is 1.48. The van der Waals surface area contributed by atoms with E-state index in [-0.39, 0.29) is 0 Å². The van der Waals surface area contributed by atoms with Crippen LogP contribution in [0.2, 0.25) is 0 Å². The van der Waals surface area contributed by atoms with Crippen molar-refractivity contribution in [3.05, 3.63) is 64.9 Å². The maximum atomic E-state index is 10.6. The van der Waals surface area contributed by atoms with Crippen molar-refractivity contribution in [2.45, 2.75) is 32.7 Å². The Morgan fingerprint density at radius 2 is 2.04 bits per heavy atom. The number of aliphatic hydroxyl groups is 1. The molecule has 0 saturated carbocycles. The number of thiazole rings is 1. The van der Waals surface area contributed by atoms with Gasteiger partial charge >= 0.3 is 0 Å². The van der Waals surface area contributed by atoms with Crippen LogP contribution in [0.25, 0.3) is 0 Å². The first-order chi connectivity index (χ1) is 12.1. The third-order valence-electron chi connectivity index (χ3n) is 3.99. The van der Waals surface area contributed by atoms with E-state index in [9.17, 15) is 5.11 Å². The van der Waals surface area contributed by atoms with E-state index >= 15 is 0 Å². The summed E-state index contributed by atoms with van der Waals surface area (Å²) in [5, 5.41) is 15.4. The smallest absolute Gasteiger partial charge is 0.180 e. The molecule has 0 aliphatic rings. The van der Waals surface area contributed by atoms with Gasteiger partial charge in [0.1, 0.15) is 0 Å². The van der Waals surface area contributed by atoms with E-state index in [0.717, 1.165) is 23.5 Å². The van der Waals surface area contributed by atoms with Gasteiger partial charge in [0.2, 0.25) is 0 Å². The Kier molecular flexibility index (Phi) is 5.80. The molecule has 0 spiro atoms. The number of aryl methyl sites for hydroxylation is 1. The maximum absolute atomic E-state index is 10.6. The molecule has 3 aromatic rings. The van der Waals surface area contributed by atoms with Crippen LogP contribution >= 0.6 is 11.3 Å². The summed E-state index contributed by atoms with van der Waals surface area (Å²) in [6.07, 6.45) is 4.85. The largest absolute Gasteiger partial charge is 0.387 e. The van der Waals surface area contributed by atoms with E-state index in [1.54, 1.807) is 12.4 Å². The second-order valence-corrected chi connectivity index (χ2v) is 7.11. The number of nitrogen functional groups attached to an aromatic ring is 1. The SMILES string of the molecule is CCn1cc(C(O)CN(Cc2ccccc2)Cc2cnc(N)s2)cn1. The van der Waals surface area contributed by atoms with Crippen molar-refractivity contribution in [2.24, 2.45) is 0 Å². The number of hydrogen-bond acceptors (Lipinski definition) is 6. The molecule has 0 radical (unpaired) electrons. The first-order valence-electron chi connectivity index (χ1n) is 8.31. The van der Waals surface area contributed by atoms with Gasteiger partial charge in [-0.3, -0.25) is 9.58 Å². The van der Waals surface area contributed by atoms with Gasteiger partial charge in [-0.2, -0.15) is 5.10 Å². The van der Waals surface area contributed by atoms with Gasteiger partial charge in [0.25, 0.3) is 0 Å². The number of anilines is 1. The number of aliphatic hydroxyl groups excluding tert-OH is 1. The molecule has 0 aliphatic carbocycles. The Morgan fingerprint density at radius 1 is 1.24 bits per heavy atom. The molecule has 1 unspecified atom stereocenters. The number of rotatable bonds is 8. The highest BCUT2D eigenvalue weighted by Gasteiger charge is 2.17. The van der Waals surface area contributed by atoms with Gasteiger partial charge in [-0.15, -0.1) is 11.3 Å². The van der Waals surface area contributed by atoms with Crippen LogP contribution in [0.4, 0.5) is 5.13 Å². The van der Waals surface area contributed by atoms with Crippen molar-refractivity contribution >= 4 is 16.5 Å². The van der Waals surface area contributed by atoms with Crippen LogP contribution in [0, 0.1) is 0 Å². The van der Waals surface area contributed by atoms with E-state index in [1.807, 2.05) is 36.0 Å². The molecule has 7 heteroatoms. The van der Waals surface area contributed by atoms with Crippen LogP contribution in [0.15, 0.2) is 48.9 Å². The zero-order valence-electron chi connectivity index (χ0n) is 14.2. The van der Waals surface area contributed by atoms with Crippen molar-refractivity contribution in [2.75, 3.05) is 12.3 Å². The van der Waals surface area contributed by atoms with Crippen molar-refractivity contribution in [1.82, 2.24) is 19.7 Å². The van der Waals surface area contributed by atoms with Gasteiger partial charge in [0.05, 0.1) is 12.3 Å². The zero-order chi connectivity index (χ0) is 17.6. The summed E-state index contributed by atoms with van der Waals surface area (Å²) in [5.74, 6) is 0. The number of hydrogen-bond donors (Lipinski definition) is 2. The van der Waals surface area contributed by atoms with E-state index in [0.29, 0.717) is 18.2 Å². The molecule has 6 nitrogen and oxygen atoms in total. The molecule has 25 heavy (non-hydrogen) atoms. The van der Waals surface area contributed by atoms with E-state index in [1.165, 1.54) is 16.9 Å². The summed E-state index contributed by atoms with van der Waals surface area (Å²) in [7, 11) is 0. The van der Waals surface area contributed by atoms with Gasteiger partial charge in [0.15, 0.2) is 5.13 Å². The number of benzene rings is 1. The Balaban J connectivity index is 1.72. The Hall–Kier alpha value is -2.22. The van der Waals surface area contributed by atoms with Crippen LogP contribution in [0.5, 0.6) is 0 Å². The van der Waals surface area contributed by atoms with Gasteiger partial charge in [-0.25, -0.2) is 4.98 Å².